The minimum atomic E-state index is -2.08. The molecule has 5 nitrogen and oxygen atoms in total. The standard InChI is InChI=1S/CH2O3.Ca.Li.Na.H2O.O/c2-1(3)4;;;;;/h(H2,2,3,4);;;;1H2;/q;;2*+1;;/p-2. The normalized spacial score (nSPS) is 3.33. The maximum atomic E-state index is 8.44. The summed E-state index contributed by atoms with van der Waals surface area (Å²) in [5, 5.41) is 15.3. The Morgan fingerprint density at radius 1 is 1.44 bits per heavy atom. The van der Waals surface area contributed by atoms with E-state index in [1.807, 2.05) is 0 Å². The summed E-state index contributed by atoms with van der Waals surface area (Å²) in [6, 6.07) is 0. The van der Waals surface area contributed by atoms with Crippen molar-refractivity contribution >= 4 is 42.0 Å². The first kappa shape index (κ1) is 30.7. The molecule has 0 saturated heterocycles. The Morgan fingerprint density at radius 3 is 1.44 bits per heavy atom. The van der Waals surface area contributed by atoms with Gasteiger partial charge in [-0.25, -0.2) is 0 Å². The zero-order chi connectivity index (χ0) is 5.58. The molecule has 0 aromatic heterocycles. The van der Waals surface area contributed by atoms with E-state index < -0.39 is 6.16 Å². The van der Waals surface area contributed by atoms with Crippen molar-refractivity contribution in [2.45, 2.75) is 0 Å². The summed E-state index contributed by atoms with van der Waals surface area (Å²) in [5.41, 5.74) is 0. The van der Waals surface area contributed by atoms with Crippen LogP contribution in [0.2, 0.25) is 0 Å². The number of rotatable bonds is 0. The molecule has 0 radical (unpaired) electrons. The predicted molar refractivity (Wildman–Crippen MR) is 16.4 cm³/mol. The minimum absolute atomic E-state index is 0. The topological polar surface area (TPSA) is 107 Å². The van der Waals surface area contributed by atoms with Crippen LogP contribution in [0.4, 0.5) is 4.79 Å². The van der Waals surface area contributed by atoms with Gasteiger partial charge in [0, 0.05) is 0 Å². The Labute approximate surface area is 110 Å². The van der Waals surface area contributed by atoms with Crippen molar-refractivity contribution in [2.75, 3.05) is 0 Å². The van der Waals surface area contributed by atoms with E-state index in [0.717, 1.165) is 0 Å². The summed E-state index contributed by atoms with van der Waals surface area (Å²) in [6.07, 6.45) is -2.08. The van der Waals surface area contributed by atoms with Crippen LogP contribution in [0.5, 0.6) is 0 Å². The van der Waals surface area contributed by atoms with Crippen LogP contribution >= 0.6 is 0 Å². The van der Waals surface area contributed by atoms with Crippen molar-refractivity contribution in [3.63, 3.8) is 0 Å². The summed E-state index contributed by atoms with van der Waals surface area (Å²) >= 11 is 0.125. The van der Waals surface area contributed by atoms with E-state index in [0.29, 0.717) is 0 Å². The zero-order valence-corrected chi connectivity index (χ0v) is 9.53. The van der Waals surface area contributed by atoms with E-state index in [4.69, 9.17) is 16.4 Å². The summed E-state index contributed by atoms with van der Waals surface area (Å²) in [5.74, 6) is 0. The Morgan fingerprint density at radius 2 is 1.44 bits per heavy atom. The van der Waals surface area contributed by atoms with Gasteiger partial charge in [-0.05, 0) is 0 Å². The van der Waals surface area contributed by atoms with Gasteiger partial charge in [-0.1, -0.05) is 0 Å². The average Bonchev–Trinajstić information content (AvgIpc) is 1.41. The van der Waals surface area contributed by atoms with Crippen LogP contribution in [-0.2, 0) is 1.43 Å². The predicted octanol–water partition coefficient (Wildman–Crippen LogP) is -7.78. The van der Waals surface area contributed by atoms with Gasteiger partial charge in [0.05, 0.1) is 0 Å². The number of hydrogen-bond acceptors (Lipinski definition) is 4. The third-order valence-electron chi connectivity index (χ3n) is 0. The summed E-state index contributed by atoms with van der Waals surface area (Å²) in [6.45, 7) is 0. The number of hydrogen-bond donors (Lipinski definition) is 1. The molecule has 0 amide bonds. The molecule has 2 N–H and O–H groups in total. The van der Waals surface area contributed by atoms with E-state index in [-0.39, 0.29) is 89.8 Å². The van der Waals surface area contributed by atoms with Crippen molar-refractivity contribution in [1.29, 1.82) is 0 Å². The van der Waals surface area contributed by atoms with E-state index in [9.17, 15) is 0 Å². The molecule has 0 bridgehead atoms. The first-order valence-corrected chi connectivity index (χ1v) is 1.82. The second kappa shape index (κ2) is 32.7. The van der Waals surface area contributed by atoms with Gasteiger partial charge in [0.2, 0.25) is 6.16 Å². The van der Waals surface area contributed by atoms with Gasteiger partial charge >= 0.3 is 85.7 Å². The van der Waals surface area contributed by atoms with Crippen LogP contribution in [0, 0.1) is 0 Å². The third kappa shape index (κ3) is 173. The van der Waals surface area contributed by atoms with Crippen LogP contribution in [0.3, 0.4) is 0 Å². The van der Waals surface area contributed by atoms with E-state index >= 15 is 0 Å². The summed E-state index contributed by atoms with van der Waals surface area (Å²) in [4.78, 5) is 8.44. The van der Waals surface area contributed by atoms with Crippen LogP contribution in [-0.4, -0.2) is 52.6 Å². The number of carboxylic acid groups (broad SMARTS) is 2. The molecule has 0 heterocycles. The average molecular weight is 164 g/mol. The van der Waals surface area contributed by atoms with Crippen molar-refractivity contribution in [3.05, 3.63) is 0 Å². The quantitative estimate of drug-likeness (QED) is 0.358. The van der Waals surface area contributed by atoms with Gasteiger partial charge in [0.15, 0.2) is 0 Å². The fourth-order valence-corrected chi connectivity index (χ4v) is 0. The van der Waals surface area contributed by atoms with Crippen molar-refractivity contribution < 1.29 is 70.3 Å². The van der Waals surface area contributed by atoms with E-state index in [2.05, 4.69) is 0 Å². The molecule has 0 unspecified atom stereocenters. The third-order valence-corrected chi connectivity index (χ3v) is 0. The Kier molecular flexibility index (Phi) is 112. The molecule has 0 aromatic rings. The first-order valence-electron chi connectivity index (χ1n) is 0.921. The number of carbonyl (C=O) groups is 1. The van der Waals surface area contributed by atoms with Crippen molar-refractivity contribution in [1.82, 2.24) is 0 Å². The summed E-state index contributed by atoms with van der Waals surface area (Å²) in [7, 11) is 0. The molecule has 0 rings (SSSR count). The zero-order valence-electron chi connectivity index (χ0n) is 5.33. The molecule has 0 aliphatic carbocycles. The fraction of sp³-hybridized carbons (Fsp3) is 0. The van der Waals surface area contributed by atoms with Crippen molar-refractivity contribution in [2.24, 2.45) is 0 Å². The Bertz CT molecular complexity index is 48.2. The second-order valence-corrected chi connectivity index (χ2v) is 0.266. The van der Waals surface area contributed by atoms with Crippen LogP contribution in [0.25, 0.3) is 0 Å². The molecule has 0 aliphatic rings. The van der Waals surface area contributed by atoms with Gasteiger partial charge in [-0.3, -0.25) is 0 Å². The van der Waals surface area contributed by atoms with Gasteiger partial charge in [-0.2, -0.15) is 0 Å². The maximum absolute atomic E-state index is 8.44. The van der Waals surface area contributed by atoms with Crippen LogP contribution in [0.15, 0.2) is 0 Å². The summed E-state index contributed by atoms with van der Waals surface area (Å²) < 4.78 is 8.38. The molecule has 8 heteroatoms. The molecule has 0 aliphatic heterocycles. The Balaban J connectivity index is -0.00000000990. The molecule has 0 atom stereocenters. The molecular weight excluding hydrogens is 162 g/mol. The fourth-order valence-electron chi connectivity index (χ4n) is 0. The Hall–Kier alpha value is 1.89. The molecule has 0 fully saturated rings. The SMILES string of the molecule is O=C([O-])O.[Li+].[Na+].[OH-].[O]=[Ca]. The van der Waals surface area contributed by atoms with Gasteiger partial charge in [-0.15, -0.1) is 0 Å². The first-order chi connectivity index (χ1) is 2.73. The van der Waals surface area contributed by atoms with E-state index in [1.165, 1.54) is 0 Å². The van der Waals surface area contributed by atoms with Crippen molar-refractivity contribution in [3.8, 4) is 0 Å². The molecular formula is CH2CaLiNaO5. The molecule has 0 spiro atoms. The second-order valence-electron chi connectivity index (χ2n) is 0.266. The van der Waals surface area contributed by atoms with Gasteiger partial charge in [0.1, 0.15) is 0 Å². The molecule has 0 saturated carbocycles. The van der Waals surface area contributed by atoms with E-state index in [1.54, 1.807) is 0 Å². The molecule has 40 valence electrons. The van der Waals surface area contributed by atoms with Crippen LogP contribution < -0.4 is 53.5 Å². The van der Waals surface area contributed by atoms with Crippen LogP contribution in [0.1, 0.15) is 0 Å². The molecule has 9 heavy (non-hydrogen) atoms. The van der Waals surface area contributed by atoms with Gasteiger partial charge < -0.3 is 20.5 Å². The monoisotopic (exact) mass is 164 g/mol. The molecule has 0 aromatic carbocycles. The van der Waals surface area contributed by atoms with Gasteiger partial charge in [0.25, 0.3) is 0 Å².